The average Bonchev–Trinajstić information content (AvgIpc) is 2.86. The van der Waals surface area contributed by atoms with E-state index in [0.717, 1.165) is 29.1 Å². The zero-order valence-corrected chi connectivity index (χ0v) is 13.1. The van der Waals surface area contributed by atoms with Gasteiger partial charge in [-0.1, -0.05) is 12.1 Å². The van der Waals surface area contributed by atoms with Crippen molar-refractivity contribution in [2.75, 3.05) is 26.3 Å². The second kappa shape index (κ2) is 6.32. The minimum atomic E-state index is 0.0842. The van der Waals surface area contributed by atoms with Crippen LogP contribution in [0.3, 0.4) is 0 Å². The van der Waals surface area contributed by atoms with Crippen LogP contribution in [0.4, 0.5) is 0 Å². The zero-order chi connectivity index (χ0) is 15.5. The molecule has 1 fully saturated rings. The number of benzene rings is 1. The molecule has 116 valence electrons. The van der Waals surface area contributed by atoms with Gasteiger partial charge in [0.15, 0.2) is 0 Å². The molecule has 0 saturated carbocycles. The SMILES string of the molecule is Cc1cc(C)n(Cc2ccc(C(=O)N3CCOCC3)cc2)n1. The van der Waals surface area contributed by atoms with Crippen LogP contribution in [0.5, 0.6) is 0 Å². The Morgan fingerprint density at radius 2 is 1.86 bits per heavy atom. The number of aryl methyl sites for hydroxylation is 2. The molecule has 1 aliphatic heterocycles. The van der Waals surface area contributed by atoms with E-state index in [1.54, 1.807) is 0 Å². The van der Waals surface area contributed by atoms with E-state index in [0.29, 0.717) is 26.3 Å². The second-order valence-corrected chi connectivity index (χ2v) is 5.69. The molecule has 0 atom stereocenters. The van der Waals surface area contributed by atoms with Crippen molar-refractivity contribution in [2.24, 2.45) is 0 Å². The number of carbonyl (C=O) groups is 1. The van der Waals surface area contributed by atoms with Crippen LogP contribution in [0, 0.1) is 13.8 Å². The van der Waals surface area contributed by atoms with Crippen LogP contribution in [0.1, 0.15) is 27.3 Å². The second-order valence-electron chi connectivity index (χ2n) is 5.69. The number of hydrogen-bond acceptors (Lipinski definition) is 3. The molecule has 0 spiro atoms. The summed E-state index contributed by atoms with van der Waals surface area (Å²) >= 11 is 0. The smallest absolute Gasteiger partial charge is 0.254 e. The Hall–Kier alpha value is -2.14. The summed E-state index contributed by atoms with van der Waals surface area (Å²) in [7, 11) is 0. The summed E-state index contributed by atoms with van der Waals surface area (Å²) < 4.78 is 7.26. The maximum atomic E-state index is 12.4. The maximum Gasteiger partial charge on any atom is 0.254 e. The number of ether oxygens (including phenoxy) is 1. The van der Waals surface area contributed by atoms with Gasteiger partial charge in [0.05, 0.1) is 25.5 Å². The highest BCUT2D eigenvalue weighted by molar-refractivity contribution is 5.94. The van der Waals surface area contributed by atoms with Crippen molar-refractivity contribution in [3.05, 3.63) is 52.8 Å². The summed E-state index contributed by atoms with van der Waals surface area (Å²) in [6.07, 6.45) is 0. The summed E-state index contributed by atoms with van der Waals surface area (Å²) in [5, 5.41) is 4.46. The lowest BCUT2D eigenvalue weighted by molar-refractivity contribution is 0.0303. The minimum absolute atomic E-state index is 0.0842. The molecular weight excluding hydrogens is 278 g/mol. The third-order valence-electron chi connectivity index (χ3n) is 3.93. The van der Waals surface area contributed by atoms with Crippen molar-refractivity contribution in [1.82, 2.24) is 14.7 Å². The quantitative estimate of drug-likeness (QED) is 0.871. The number of hydrogen-bond donors (Lipinski definition) is 0. The molecule has 2 aromatic rings. The van der Waals surface area contributed by atoms with Gasteiger partial charge in [0.25, 0.3) is 5.91 Å². The molecule has 1 aromatic heterocycles. The van der Waals surface area contributed by atoms with Crippen LogP contribution in [0.15, 0.2) is 30.3 Å². The molecule has 1 aromatic carbocycles. The fourth-order valence-electron chi connectivity index (χ4n) is 2.71. The molecule has 1 amide bonds. The van der Waals surface area contributed by atoms with Gasteiger partial charge in [0.2, 0.25) is 0 Å². The van der Waals surface area contributed by atoms with Gasteiger partial charge in [-0.25, -0.2) is 0 Å². The fraction of sp³-hybridized carbons (Fsp3) is 0.412. The lowest BCUT2D eigenvalue weighted by Crippen LogP contribution is -2.40. The van der Waals surface area contributed by atoms with E-state index < -0.39 is 0 Å². The van der Waals surface area contributed by atoms with Gasteiger partial charge in [0, 0.05) is 24.3 Å². The molecule has 0 unspecified atom stereocenters. The fourth-order valence-corrected chi connectivity index (χ4v) is 2.71. The van der Waals surface area contributed by atoms with Crippen LogP contribution in [-0.4, -0.2) is 46.9 Å². The minimum Gasteiger partial charge on any atom is -0.378 e. The monoisotopic (exact) mass is 299 g/mol. The molecule has 1 saturated heterocycles. The number of carbonyl (C=O) groups excluding carboxylic acids is 1. The Morgan fingerprint density at radius 1 is 1.18 bits per heavy atom. The summed E-state index contributed by atoms with van der Waals surface area (Å²) in [5.74, 6) is 0.0842. The lowest BCUT2D eigenvalue weighted by Gasteiger charge is -2.26. The third kappa shape index (κ3) is 3.20. The van der Waals surface area contributed by atoms with E-state index >= 15 is 0 Å². The molecule has 3 rings (SSSR count). The largest absolute Gasteiger partial charge is 0.378 e. The van der Waals surface area contributed by atoms with E-state index in [9.17, 15) is 4.79 Å². The molecule has 0 bridgehead atoms. The number of aromatic nitrogens is 2. The molecule has 5 heteroatoms. The van der Waals surface area contributed by atoms with Gasteiger partial charge >= 0.3 is 0 Å². The first-order valence-electron chi connectivity index (χ1n) is 7.60. The lowest BCUT2D eigenvalue weighted by atomic mass is 10.1. The number of morpholine rings is 1. The molecule has 22 heavy (non-hydrogen) atoms. The topological polar surface area (TPSA) is 47.4 Å². The van der Waals surface area contributed by atoms with Crippen molar-refractivity contribution in [3.63, 3.8) is 0 Å². The molecule has 0 aliphatic carbocycles. The maximum absolute atomic E-state index is 12.4. The van der Waals surface area contributed by atoms with E-state index in [-0.39, 0.29) is 5.91 Å². The van der Waals surface area contributed by atoms with Crippen molar-refractivity contribution in [2.45, 2.75) is 20.4 Å². The Labute approximate surface area is 130 Å². The Kier molecular flexibility index (Phi) is 4.24. The van der Waals surface area contributed by atoms with E-state index in [2.05, 4.69) is 18.1 Å². The highest BCUT2D eigenvalue weighted by atomic mass is 16.5. The van der Waals surface area contributed by atoms with Crippen LogP contribution in [-0.2, 0) is 11.3 Å². The molecular formula is C17H21N3O2. The average molecular weight is 299 g/mol. The van der Waals surface area contributed by atoms with Gasteiger partial charge in [-0.05, 0) is 37.6 Å². The van der Waals surface area contributed by atoms with E-state index in [1.807, 2.05) is 40.8 Å². The summed E-state index contributed by atoms with van der Waals surface area (Å²) in [5.41, 5.74) is 4.05. The molecule has 5 nitrogen and oxygen atoms in total. The molecule has 1 aliphatic rings. The van der Waals surface area contributed by atoms with Gasteiger partial charge in [-0.3, -0.25) is 9.48 Å². The summed E-state index contributed by atoms with van der Waals surface area (Å²) in [6, 6.07) is 9.88. The zero-order valence-electron chi connectivity index (χ0n) is 13.1. The predicted molar refractivity (Wildman–Crippen MR) is 84.0 cm³/mol. The van der Waals surface area contributed by atoms with Gasteiger partial charge < -0.3 is 9.64 Å². The van der Waals surface area contributed by atoms with Crippen molar-refractivity contribution in [3.8, 4) is 0 Å². The van der Waals surface area contributed by atoms with Crippen molar-refractivity contribution in [1.29, 1.82) is 0 Å². The first-order chi connectivity index (χ1) is 10.6. The van der Waals surface area contributed by atoms with Crippen LogP contribution < -0.4 is 0 Å². The molecule has 0 N–H and O–H groups in total. The molecule has 2 heterocycles. The van der Waals surface area contributed by atoms with E-state index in [1.165, 1.54) is 0 Å². The summed E-state index contributed by atoms with van der Waals surface area (Å²) in [4.78, 5) is 14.2. The van der Waals surface area contributed by atoms with Gasteiger partial charge in [0.1, 0.15) is 0 Å². The summed E-state index contributed by atoms with van der Waals surface area (Å²) in [6.45, 7) is 7.37. The van der Waals surface area contributed by atoms with Gasteiger partial charge in [-0.2, -0.15) is 5.10 Å². The van der Waals surface area contributed by atoms with Crippen LogP contribution >= 0.6 is 0 Å². The number of rotatable bonds is 3. The highest BCUT2D eigenvalue weighted by Gasteiger charge is 2.18. The molecule has 0 radical (unpaired) electrons. The van der Waals surface area contributed by atoms with Crippen molar-refractivity contribution >= 4 is 5.91 Å². The predicted octanol–water partition coefficient (Wildman–Crippen LogP) is 2.02. The standard InChI is InChI=1S/C17H21N3O2/c1-13-11-14(2)20(18-13)12-15-3-5-16(6-4-15)17(21)19-7-9-22-10-8-19/h3-6,11H,7-10,12H2,1-2H3. The Balaban J connectivity index is 1.69. The normalized spacial score (nSPS) is 15.1. The first kappa shape index (κ1) is 14.8. The number of nitrogens with zero attached hydrogens (tertiary/aromatic N) is 3. The highest BCUT2D eigenvalue weighted by Crippen LogP contribution is 2.12. The third-order valence-corrected chi connectivity index (χ3v) is 3.93. The first-order valence-corrected chi connectivity index (χ1v) is 7.60. The Bertz CT molecular complexity index is 655. The number of amides is 1. The van der Waals surface area contributed by atoms with Gasteiger partial charge in [-0.15, -0.1) is 0 Å². The van der Waals surface area contributed by atoms with E-state index in [4.69, 9.17) is 4.74 Å². The Morgan fingerprint density at radius 3 is 2.45 bits per heavy atom. The van der Waals surface area contributed by atoms with Crippen molar-refractivity contribution < 1.29 is 9.53 Å². The van der Waals surface area contributed by atoms with Crippen LogP contribution in [0.2, 0.25) is 0 Å². The van der Waals surface area contributed by atoms with Crippen LogP contribution in [0.25, 0.3) is 0 Å².